The van der Waals surface area contributed by atoms with Crippen LogP contribution in [0.4, 0.5) is 5.69 Å². The molecule has 0 aromatic heterocycles. The minimum Gasteiger partial charge on any atom is -0.480 e. The summed E-state index contributed by atoms with van der Waals surface area (Å²) in [5, 5.41) is 9.16. The lowest BCUT2D eigenvalue weighted by molar-refractivity contribution is -0.143. The van der Waals surface area contributed by atoms with Crippen LogP contribution in [0.25, 0.3) is 0 Å². The van der Waals surface area contributed by atoms with E-state index in [9.17, 15) is 4.79 Å². The molecule has 0 spiro atoms. The van der Waals surface area contributed by atoms with Crippen LogP contribution in [0, 0.1) is 0 Å². The highest BCUT2D eigenvalue weighted by Gasteiger charge is 2.27. The molecule has 1 atom stereocenters. The van der Waals surface area contributed by atoms with Crippen LogP contribution in [0.1, 0.15) is 24.5 Å². The van der Waals surface area contributed by atoms with Crippen molar-refractivity contribution in [1.82, 2.24) is 4.90 Å². The first-order valence-corrected chi connectivity index (χ1v) is 5.96. The van der Waals surface area contributed by atoms with Crippen LogP contribution < -0.4 is 5.73 Å². The largest absolute Gasteiger partial charge is 0.480 e. The molecule has 0 amide bonds. The fraction of sp³-hybridized carbons (Fsp3) is 0.462. The zero-order chi connectivity index (χ0) is 12.4. The third-order valence-corrected chi connectivity index (χ3v) is 3.38. The Kier molecular flexibility index (Phi) is 3.33. The van der Waals surface area contributed by atoms with Gasteiger partial charge in [-0.1, -0.05) is 13.0 Å². The molecule has 92 valence electrons. The van der Waals surface area contributed by atoms with Gasteiger partial charge >= 0.3 is 5.97 Å². The summed E-state index contributed by atoms with van der Waals surface area (Å²) in [4.78, 5) is 13.2. The highest BCUT2D eigenvalue weighted by Crippen LogP contribution is 2.23. The van der Waals surface area contributed by atoms with Crippen molar-refractivity contribution in [2.75, 3.05) is 12.3 Å². The molecule has 0 aliphatic carbocycles. The minimum atomic E-state index is -0.736. The smallest absolute Gasteiger partial charge is 0.320 e. The van der Waals surface area contributed by atoms with Crippen LogP contribution in [0.15, 0.2) is 18.2 Å². The number of fused-ring (bicyclic) bond motifs is 1. The molecule has 1 aromatic carbocycles. The van der Waals surface area contributed by atoms with E-state index in [1.54, 1.807) is 0 Å². The summed E-state index contributed by atoms with van der Waals surface area (Å²) in [5.74, 6) is -0.736. The summed E-state index contributed by atoms with van der Waals surface area (Å²) < 4.78 is 0. The van der Waals surface area contributed by atoms with Crippen molar-refractivity contribution >= 4 is 11.7 Å². The number of hydrogen-bond acceptors (Lipinski definition) is 3. The normalized spacial score (nSPS) is 17.5. The first-order chi connectivity index (χ1) is 8.11. The molecule has 4 nitrogen and oxygen atoms in total. The highest BCUT2D eigenvalue weighted by atomic mass is 16.4. The lowest BCUT2D eigenvalue weighted by Gasteiger charge is -2.33. The van der Waals surface area contributed by atoms with Crippen LogP contribution in [0.5, 0.6) is 0 Å². The van der Waals surface area contributed by atoms with Crippen molar-refractivity contribution in [3.63, 3.8) is 0 Å². The molecule has 0 saturated carbocycles. The Balaban J connectivity index is 2.20. The first-order valence-electron chi connectivity index (χ1n) is 5.96. The topological polar surface area (TPSA) is 66.6 Å². The monoisotopic (exact) mass is 234 g/mol. The van der Waals surface area contributed by atoms with Gasteiger partial charge in [-0.15, -0.1) is 0 Å². The second-order valence-corrected chi connectivity index (χ2v) is 4.51. The zero-order valence-electron chi connectivity index (χ0n) is 10.0. The van der Waals surface area contributed by atoms with E-state index in [2.05, 4.69) is 0 Å². The van der Waals surface area contributed by atoms with Gasteiger partial charge in [0.25, 0.3) is 0 Å². The van der Waals surface area contributed by atoms with Crippen LogP contribution in [-0.4, -0.2) is 28.6 Å². The number of rotatable bonds is 3. The molecule has 0 bridgehead atoms. The lowest BCUT2D eigenvalue weighted by atomic mass is 9.97. The number of nitrogen functional groups attached to an aromatic ring is 1. The Morgan fingerprint density at radius 3 is 2.94 bits per heavy atom. The lowest BCUT2D eigenvalue weighted by Crippen LogP contribution is -2.43. The standard InChI is InChI=1S/C13H18N2O2/c1-2-12(13(16)17)15-6-5-9-3-4-11(14)7-10(9)8-15/h3-4,7,12H,2,5-6,8,14H2,1H3,(H,16,17). The van der Waals surface area contributed by atoms with E-state index in [1.165, 1.54) is 5.56 Å². The molecule has 0 saturated heterocycles. The van der Waals surface area contributed by atoms with E-state index in [1.807, 2.05) is 30.0 Å². The average Bonchev–Trinajstić information content (AvgIpc) is 2.29. The van der Waals surface area contributed by atoms with Gasteiger partial charge in [-0.2, -0.15) is 0 Å². The molecule has 3 N–H and O–H groups in total. The van der Waals surface area contributed by atoms with Gasteiger partial charge in [0.05, 0.1) is 0 Å². The van der Waals surface area contributed by atoms with E-state index in [0.29, 0.717) is 13.0 Å². The van der Waals surface area contributed by atoms with E-state index >= 15 is 0 Å². The van der Waals surface area contributed by atoms with Crippen LogP contribution >= 0.6 is 0 Å². The number of aliphatic carboxylic acids is 1. The Hall–Kier alpha value is -1.55. The quantitative estimate of drug-likeness (QED) is 0.778. The Morgan fingerprint density at radius 2 is 2.29 bits per heavy atom. The maximum absolute atomic E-state index is 11.1. The van der Waals surface area contributed by atoms with Crippen molar-refractivity contribution in [3.8, 4) is 0 Å². The van der Waals surface area contributed by atoms with E-state index in [4.69, 9.17) is 10.8 Å². The second kappa shape index (κ2) is 4.75. The van der Waals surface area contributed by atoms with Crippen molar-refractivity contribution in [3.05, 3.63) is 29.3 Å². The zero-order valence-corrected chi connectivity index (χ0v) is 10.0. The molecule has 0 radical (unpaired) electrons. The summed E-state index contributed by atoms with van der Waals surface area (Å²) >= 11 is 0. The number of hydrogen-bond donors (Lipinski definition) is 2. The van der Waals surface area contributed by atoms with Gasteiger partial charge in [-0.05, 0) is 36.1 Å². The van der Waals surface area contributed by atoms with E-state index in [0.717, 1.165) is 24.2 Å². The van der Waals surface area contributed by atoms with Gasteiger partial charge in [-0.3, -0.25) is 9.69 Å². The Morgan fingerprint density at radius 1 is 1.53 bits per heavy atom. The molecule has 17 heavy (non-hydrogen) atoms. The molecule has 1 aliphatic rings. The van der Waals surface area contributed by atoms with Crippen molar-refractivity contribution < 1.29 is 9.90 Å². The van der Waals surface area contributed by atoms with Crippen molar-refractivity contribution in [2.45, 2.75) is 32.4 Å². The summed E-state index contributed by atoms with van der Waals surface area (Å²) in [6.45, 7) is 3.40. The number of carbonyl (C=O) groups is 1. The first kappa shape index (κ1) is 11.9. The van der Waals surface area contributed by atoms with Crippen LogP contribution in [0.2, 0.25) is 0 Å². The van der Waals surface area contributed by atoms with Gasteiger partial charge in [0.15, 0.2) is 0 Å². The predicted octanol–water partition coefficient (Wildman–Crippen LogP) is 1.49. The maximum atomic E-state index is 11.1. The molecule has 2 rings (SSSR count). The van der Waals surface area contributed by atoms with Gasteiger partial charge in [-0.25, -0.2) is 0 Å². The van der Waals surface area contributed by atoms with Gasteiger partial charge in [0.1, 0.15) is 6.04 Å². The Bertz CT molecular complexity index is 431. The van der Waals surface area contributed by atoms with E-state index in [-0.39, 0.29) is 6.04 Å². The van der Waals surface area contributed by atoms with Crippen LogP contribution in [0.3, 0.4) is 0 Å². The van der Waals surface area contributed by atoms with Gasteiger partial charge in [0.2, 0.25) is 0 Å². The van der Waals surface area contributed by atoms with Gasteiger partial charge < -0.3 is 10.8 Å². The molecule has 0 fully saturated rings. The maximum Gasteiger partial charge on any atom is 0.320 e. The predicted molar refractivity (Wildman–Crippen MR) is 66.7 cm³/mol. The molecule has 1 aliphatic heterocycles. The third kappa shape index (κ3) is 2.42. The summed E-state index contributed by atoms with van der Waals surface area (Å²) in [6, 6.07) is 5.52. The minimum absolute atomic E-state index is 0.385. The number of carboxylic acid groups (broad SMARTS) is 1. The number of benzene rings is 1. The van der Waals surface area contributed by atoms with Crippen molar-refractivity contribution in [1.29, 1.82) is 0 Å². The molecule has 1 aromatic rings. The fourth-order valence-corrected chi connectivity index (χ4v) is 2.45. The highest BCUT2D eigenvalue weighted by molar-refractivity contribution is 5.73. The average molecular weight is 234 g/mol. The molecular weight excluding hydrogens is 216 g/mol. The summed E-state index contributed by atoms with van der Waals surface area (Å²) in [6.07, 6.45) is 1.53. The fourth-order valence-electron chi connectivity index (χ4n) is 2.45. The molecular formula is C13H18N2O2. The SMILES string of the molecule is CCC(C(=O)O)N1CCc2ccc(N)cc2C1. The van der Waals surface area contributed by atoms with Crippen LogP contribution in [-0.2, 0) is 17.8 Å². The summed E-state index contributed by atoms with van der Waals surface area (Å²) in [5.41, 5.74) is 8.96. The number of carboxylic acids is 1. The number of nitrogens with two attached hydrogens (primary N) is 1. The third-order valence-electron chi connectivity index (χ3n) is 3.38. The molecule has 1 heterocycles. The molecule has 4 heteroatoms. The second-order valence-electron chi connectivity index (χ2n) is 4.51. The summed E-state index contributed by atoms with van der Waals surface area (Å²) in [7, 11) is 0. The van der Waals surface area contributed by atoms with Crippen molar-refractivity contribution in [2.24, 2.45) is 0 Å². The molecule has 1 unspecified atom stereocenters. The van der Waals surface area contributed by atoms with Gasteiger partial charge in [0, 0.05) is 18.8 Å². The number of nitrogens with zero attached hydrogens (tertiary/aromatic N) is 1. The number of anilines is 1. The van der Waals surface area contributed by atoms with E-state index < -0.39 is 5.97 Å². The Labute approximate surface area is 101 Å².